The summed E-state index contributed by atoms with van der Waals surface area (Å²) in [6, 6.07) is 9.93. The second-order valence-electron chi connectivity index (χ2n) is 4.27. The minimum absolute atomic E-state index is 0.229. The molecule has 98 valence electrons. The van der Waals surface area contributed by atoms with Crippen LogP contribution in [0.15, 0.2) is 47.4 Å². The van der Waals surface area contributed by atoms with Crippen LogP contribution in [0.4, 0.5) is 5.69 Å². The molecule has 0 radical (unpaired) electrons. The van der Waals surface area contributed by atoms with Crippen LogP contribution >= 0.6 is 0 Å². The number of hydrogen-bond acceptors (Lipinski definition) is 3. The summed E-state index contributed by atoms with van der Waals surface area (Å²) in [6.07, 6.45) is 1.44. The molecule has 1 aromatic heterocycles. The zero-order valence-corrected chi connectivity index (χ0v) is 10.5. The number of aromatic nitrogens is 1. The normalized spacial score (nSPS) is 11.8. The first kappa shape index (κ1) is 12.9. The van der Waals surface area contributed by atoms with Crippen LogP contribution in [0.3, 0.4) is 0 Å². The molecule has 4 N–H and O–H groups in total. The lowest BCUT2D eigenvalue weighted by molar-refractivity contribution is 0.0940. The van der Waals surface area contributed by atoms with Crippen molar-refractivity contribution in [1.82, 2.24) is 10.3 Å². The predicted octanol–water partition coefficient (Wildman–Crippen LogP) is 1.45. The van der Waals surface area contributed by atoms with Crippen molar-refractivity contribution in [2.24, 2.45) is 0 Å². The van der Waals surface area contributed by atoms with Gasteiger partial charge >= 0.3 is 0 Å². The van der Waals surface area contributed by atoms with Crippen LogP contribution in [0.1, 0.15) is 28.9 Å². The zero-order valence-electron chi connectivity index (χ0n) is 10.5. The fourth-order valence-corrected chi connectivity index (χ4v) is 1.85. The summed E-state index contributed by atoms with van der Waals surface area (Å²) in [7, 11) is 0. The van der Waals surface area contributed by atoms with Gasteiger partial charge in [0.15, 0.2) is 0 Å². The van der Waals surface area contributed by atoms with Crippen LogP contribution in [-0.4, -0.2) is 10.9 Å². The van der Waals surface area contributed by atoms with Gasteiger partial charge in [0, 0.05) is 23.5 Å². The Balaban J connectivity index is 2.16. The van der Waals surface area contributed by atoms with Gasteiger partial charge in [-0.3, -0.25) is 9.59 Å². The van der Waals surface area contributed by atoms with Crippen molar-refractivity contribution in [3.63, 3.8) is 0 Å². The molecule has 0 saturated heterocycles. The summed E-state index contributed by atoms with van der Waals surface area (Å²) in [5.74, 6) is -0.304. The standard InChI is InChI=1S/C14H15N3O2/c1-9(11-4-2-3-5-12(11)15)17-14(19)10-6-7-16-13(18)8-10/h2-9H,15H2,1H3,(H,16,18)(H,17,19). The van der Waals surface area contributed by atoms with Gasteiger partial charge in [0.05, 0.1) is 6.04 Å². The number of nitrogens with two attached hydrogens (primary N) is 1. The molecule has 1 amide bonds. The maximum Gasteiger partial charge on any atom is 0.252 e. The van der Waals surface area contributed by atoms with E-state index in [-0.39, 0.29) is 17.5 Å². The van der Waals surface area contributed by atoms with E-state index in [1.54, 1.807) is 12.1 Å². The van der Waals surface area contributed by atoms with Crippen LogP contribution in [-0.2, 0) is 0 Å². The Morgan fingerprint density at radius 2 is 2.05 bits per heavy atom. The molecule has 2 rings (SSSR count). The monoisotopic (exact) mass is 257 g/mol. The lowest BCUT2D eigenvalue weighted by Crippen LogP contribution is -2.28. The lowest BCUT2D eigenvalue weighted by atomic mass is 10.1. The zero-order chi connectivity index (χ0) is 13.8. The first-order valence-corrected chi connectivity index (χ1v) is 5.92. The molecule has 1 aromatic carbocycles. The summed E-state index contributed by atoms with van der Waals surface area (Å²) >= 11 is 0. The molecule has 1 unspecified atom stereocenters. The fraction of sp³-hybridized carbons (Fsp3) is 0.143. The van der Waals surface area contributed by atoms with Gasteiger partial charge in [0.25, 0.3) is 5.91 Å². The second kappa shape index (κ2) is 5.39. The van der Waals surface area contributed by atoms with Gasteiger partial charge < -0.3 is 16.0 Å². The highest BCUT2D eigenvalue weighted by Gasteiger charge is 2.13. The topological polar surface area (TPSA) is 88.0 Å². The maximum absolute atomic E-state index is 12.0. The summed E-state index contributed by atoms with van der Waals surface area (Å²) in [5, 5.41) is 2.81. The quantitative estimate of drug-likeness (QED) is 0.727. The van der Waals surface area contributed by atoms with Crippen LogP contribution in [0.2, 0.25) is 0 Å². The summed E-state index contributed by atoms with van der Waals surface area (Å²) in [6.45, 7) is 1.84. The summed E-state index contributed by atoms with van der Waals surface area (Å²) < 4.78 is 0. The number of H-pyrrole nitrogens is 1. The molecule has 0 aliphatic rings. The summed E-state index contributed by atoms with van der Waals surface area (Å²) in [4.78, 5) is 25.6. The molecule has 5 nitrogen and oxygen atoms in total. The predicted molar refractivity (Wildman–Crippen MR) is 73.8 cm³/mol. The molecular weight excluding hydrogens is 242 g/mol. The van der Waals surface area contributed by atoms with Gasteiger partial charge in [-0.2, -0.15) is 0 Å². The highest BCUT2D eigenvalue weighted by molar-refractivity contribution is 5.94. The van der Waals surface area contributed by atoms with Crippen molar-refractivity contribution in [1.29, 1.82) is 0 Å². The van der Waals surface area contributed by atoms with Crippen LogP contribution in [0.5, 0.6) is 0 Å². The largest absolute Gasteiger partial charge is 0.398 e. The van der Waals surface area contributed by atoms with Crippen molar-refractivity contribution >= 4 is 11.6 Å². The molecule has 1 atom stereocenters. The van der Waals surface area contributed by atoms with Gasteiger partial charge in [-0.25, -0.2) is 0 Å². The average Bonchev–Trinajstić information content (AvgIpc) is 2.39. The van der Waals surface area contributed by atoms with Gasteiger partial charge in [0.1, 0.15) is 0 Å². The number of nitrogen functional groups attached to an aromatic ring is 1. The Hall–Kier alpha value is -2.56. The smallest absolute Gasteiger partial charge is 0.252 e. The van der Waals surface area contributed by atoms with Crippen LogP contribution in [0.25, 0.3) is 0 Å². The van der Waals surface area contributed by atoms with Gasteiger partial charge in [-0.05, 0) is 24.6 Å². The SMILES string of the molecule is CC(NC(=O)c1cc[nH]c(=O)c1)c1ccccc1N. The number of rotatable bonds is 3. The minimum atomic E-state index is -0.306. The van der Waals surface area contributed by atoms with E-state index >= 15 is 0 Å². The van der Waals surface area contributed by atoms with Crippen molar-refractivity contribution in [3.05, 3.63) is 64.1 Å². The van der Waals surface area contributed by atoms with E-state index in [2.05, 4.69) is 10.3 Å². The average molecular weight is 257 g/mol. The third-order valence-corrected chi connectivity index (χ3v) is 2.85. The van der Waals surface area contributed by atoms with E-state index in [1.165, 1.54) is 12.3 Å². The second-order valence-corrected chi connectivity index (χ2v) is 4.27. The molecule has 0 spiro atoms. The first-order valence-electron chi connectivity index (χ1n) is 5.92. The summed E-state index contributed by atoms with van der Waals surface area (Å²) in [5.41, 5.74) is 7.35. The van der Waals surface area contributed by atoms with Crippen LogP contribution < -0.4 is 16.6 Å². The van der Waals surface area contributed by atoms with E-state index in [0.29, 0.717) is 11.3 Å². The highest BCUT2D eigenvalue weighted by Crippen LogP contribution is 2.19. The molecule has 0 aliphatic heterocycles. The Bertz CT molecular complexity index is 649. The lowest BCUT2D eigenvalue weighted by Gasteiger charge is -2.16. The van der Waals surface area contributed by atoms with Crippen molar-refractivity contribution in [2.75, 3.05) is 5.73 Å². The van der Waals surface area contributed by atoms with E-state index in [0.717, 1.165) is 5.56 Å². The molecule has 0 aliphatic carbocycles. The number of carbonyl (C=O) groups excluding carboxylic acids is 1. The molecular formula is C14H15N3O2. The molecule has 0 bridgehead atoms. The third-order valence-electron chi connectivity index (χ3n) is 2.85. The Kier molecular flexibility index (Phi) is 3.66. The molecule has 0 fully saturated rings. The van der Waals surface area contributed by atoms with Gasteiger partial charge in [0.2, 0.25) is 5.56 Å². The molecule has 0 saturated carbocycles. The first-order chi connectivity index (χ1) is 9.08. The van der Waals surface area contributed by atoms with Gasteiger partial charge in [-0.15, -0.1) is 0 Å². The maximum atomic E-state index is 12.0. The number of hydrogen-bond donors (Lipinski definition) is 3. The molecule has 19 heavy (non-hydrogen) atoms. The Morgan fingerprint density at radius 1 is 1.32 bits per heavy atom. The number of anilines is 1. The number of benzene rings is 1. The third kappa shape index (κ3) is 3.01. The van der Waals surface area contributed by atoms with Crippen molar-refractivity contribution in [3.8, 4) is 0 Å². The number of nitrogens with one attached hydrogen (secondary N) is 2. The molecule has 5 heteroatoms. The number of carbonyl (C=O) groups is 1. The Morgan fingerprint density at radius 3 is 2.74 bits per heavy atom. The van der Waals surface area contributed by atoms with E-state index in [1.807, 2.05) is 25.1 Å². The molecule has 2 aromatic rings. The van der Waals surface area contributed by atoms with E-state index in [9.17, 15) is 9.59 Å². The Labute approximate surface area is 110 Å². The number of aromatic amines is 1. The van der Waals surface area contributed by atoms with Gasteiger partial charge in [-0.1, -0.05) is 18.2 Å². The molecule has 1 heterocycles. The minimum Gasteiger partial charge on any atom is -0.398 e. The van der Waals surface area contributed by atoms with Crippen molar-refractivity contribution in [2.45, 2.75) is 13.0 Å². The number of para-hydroxylation sites is 1. The van der Waals surface area contributed by atoms with Crippen LogP contribution in [0, 0.1) is 0 Å². The van der Waals surface area contributed by atoms with Crippen molar-refractivity contribution < 1.29 is 4.79 Å². The van der Waals surface area contributed by atoms with E-state index < -0.39 is 0 Å². The number of pyridine rings is 1. The fourth-order valence-electron chi connectivity index (χ4n) is 1.85. The number of amides is 1. The van der Waals surface area contributed by atoms with E-state index in [4.69, 9.17) is 5.73 Å². The highest BCUT2D eigenvalue weighted by atomic mass is 16.2.